The lowest BCUT2D eigenvalue weighted by molar-refractivity contribution is 0.0602. The molecule has 0 aliphatic heterocycles. The zero-order valence-electron chi connectivity index (χ0n) is 12.2. The van der Waals surface area contributed by atoms with Crippen LogP contribution in [0.15, 0.2) is 28.5 Å². The highest BCUT2D eigenvalue weighted by Crippen LogP contribution is 2.29. The smallest absolute Gasteiger partial charge is 0.349 e. The zero-order chi connectivity index (χ0) is 17.0. The van der Waals surface area contributed by atoms with Crippen LogP contribution < -0.4 is 4.72 Å². The van der Waals surface area contributed by atoms with Crippen LogP contribution in [-0.2, 0) is 19.5 Å². The van der Waals surface area contributed by atoms with Crippen molar-refractivity contribution in [3.8, 4) is 0 Å². The van der Waals surface area contributed by atoms with Crippen molar-refractivity contribution in [1.82, 2.24) is 4.72 Å². The number of thiophene rings is 2. The summed E-state index contributed by atoms with van der Waals surface area (Å²) in [7, 11) is -1.17. The van der Waals surface area contributed by atoms with Gasteiger partial charge in [0.25, 0.3) is 0 Å². The fourth-order valence-corrected chi connectivity index (χ4v) is 5.32. The van der Waals surface area contributed by atoms with Crippen LogP contribution in [0, 0.1) is 0 Å². The molecule has 1 N–H and O–H groups in total. The van der Waals surface area contributed by atoms with Crippen LogP contribution in [0.25, 0.3) is 0 Å². The molecule has 1 unspecified atom stereocenters. The van der Waals surface area contributed by atoms with Gasteiger partial charge in [-0.2, -0.15) is 0 Å². The van der Waals surface area contributed by atoms with Crippen molar-refractivity contribution in [2.75, 3.05) is 20.8 Å². The summed E-state index contributed by atoms with van der Waals surface area (Å²) in [6.45, 7) is 0.0200. The van der Waals surface area contributed by atoms with E-state index in [4.69, 9.17) is 16.3 Å². The van der Waals surface area contributed by atoms with Gasteiger partial charge in [0.1, 0.15) is 15.9 Å². The molecule has 0 radical (unpaired) electrons. The summed E-state index contributed by atoms with van der Waals surface area (Å²) in [5.74, 6) is -0.686. The average Bonchev–Trinajstić information content (AvgIpc) is 3.16. The van der Waals surface area contributed by atoms with Crippen molar-refractivity contribution < 1.29 is 22.7 Å². The number of sulfonamides is 1. The maximum absolute atomic E-state index is 12.4. The van der Waals surface area contributed by atoms with E-state index in [1.165, 1.54) is 37.0 Å². The van der Waals surface area contributed by atoms with E-state index in [-0.39, 0.29) is 16.3 Å². The summed E-state index contributed by atoms with van der Waals surface area (Å²) in [5.41, 5.74) is 0. The van der Waals surface area contributed by atoms with Gasteiger partial charge >= 0.3 is 5.97 Å². The standard InChI is InChI=1S/C13H14ClNO5S3/c1-19-8(9-3-4-11(14)22-9)7-15-23(17,18)10-5-6-21-12(10)13(16)20-2/h3-6,8,15H,7H2,1-2H3. The summed E-state index contributed by atoms with van der Waals surface area (Å²) >= 11 is 8.20. The topological polar surface area (TPSA) is 81.7 Å². The van der Waals surface area contributed by atoms with E-state index in [1.807, 2.05) is 0 Å². The zero-order valence-corrected chi connectivity index (χ0v) is 15.4. The fourth-order valence-electron chi connectivity index (χ4n) is 1.82. The van der Waals surface area contributed by atoms with Crippen LogP contribution in [-0.4, -0.2) is 35.2 Å². The Bertz CT molecular complexity index is 783. The van der Waals surface area contributed by atoms with Crippen LogP contribution in [0.3, 0.4) is 0 Å². The molecular formula is C13H14ClNO5S3. The molecule has 2 aromatic rings. The molecule has 0 saturated heterocycles. The highest BCUT2D eigenvalue weighted by atomic mass is 35.5. The minimum absolute atomic E-state index is 0.0200. The van der Waals surface area contributed by atoms with E-state index in [1.54, 1.807) is 12.1 Å². The molecule has 126 valence electrons. The van der Waals surface area contributed by atoms with E-state index < -0.39 is 22.1 Å². The average molecular weight is 396 g/mol. The summed E-state index contributed by atoms with van der Waals surface area (Å²) in [5, 5.41) is 1.52. The minimum Gasteiger partial charge on any atom is -0.465 e. The van der Waals surface area contributed by atoms with Gasteiger partial charge in [-0.15, -0.1) is 22.7 Å². The summed E-state index contributed by atoms with van der Waals surface area (Å²) < 4.78 is 37.7. The minimum atomic E-state index is -3.86. The number of esters is 1. The Hall–Kier alpha value is -0.970. The lowest BCUT2D eigenvalue weighted by Crippen LogP contribution is -2.29. The number of rotatable bonds is 7. The van der Waals surface area contributed by atoms with Crippen molar-refractivity contribution >= 4 is 50.3 Å². The van der Waals surface area contributed by atoms with Crippen molar-refractivity contribution in [3.63, 3.8) is 0 Å². The number of carbonyl (C=O) groups excluding carboxylic acids is 1. The molecule has 1 atom stereocenters. The second-order valence-electron chi connectivity index (χ2n) is 4.32. The highest BCUT2D eigenvalue weighted by molar-refractivity contribution is 7.89. The van der Waals surface area contributed by atoms with Gasteiger partial charge in [-0.05, 0) is 23.6 Å². The molecule has 0 aliphatic carbocycles. The summed E-state index contributed by atoms with van der Waals surface area (Å²) in [6, 6.07) is 4.86. The third-order valence-corrected chi connectivity index (χ3v) is 6.76. The Balaban J connectivity index is 2.15. The van der Waals surface area contributed by atoms with Gasteiger partial charge in [0.05, 0.1) is 11.4 Å². The third kappa shape index (κ3) is 4.31. The molecule has 10 heteroatoms. The van der Waals surface area contributed by atoms with Gasteiger partial charge in [0, 0.05) is 18.5 Å². The van der Waals surface area contributed by atoms with E-state index in [0.29, 0.717) is 4.34 Å². The van der Waals surface area contributed by atoms with Crippen molar-refractivity contribution in [2.45, 2.75) is 11.0 Å². The van der Waals surface area contributed by atoms with Crippen LogP contribution in [0.5, 0.6) is 0 Å². The third-order valence-electron chi connectivity index (χ3n) is 2.94. The predicted molar refractivity (Wildman–Crippen MR) is 89.9 cm³/mol. The van der Waals surface area contributed by atoms with E-state index in [0.717, 1.165) is 16.2 Å². The van der Waals surface area contributed by atoms with Crippen molar-refractivity contribution in [3.05, 3.63) is 37.7 Å². The molecule has 0 saturated carbocycles. The van der Waals surface area contributed by atoms with Gasteiger partial charge in [0.2, 0.25) is 10.0 Å². The highest BCUT2D eigenvalue weighted by Gasteiger charge is 2.26. The molecular weight excluding hydrogens is 382 g/mol. The molecule has 6 nitrogen and oxygen atoms in total. The maximum atomic E-state index is 12.4. The lowest BCUT2D eigenvalue weighted by atomic mass is 10.3. The molecule has 2 heterocycles. The SMILES string of the molecule is COC(=O)c1sccc1S(=O)(=O)NCC(OC)c1ccc(Cl)s1. The number of nitrogens with one attached hydrogen (secondary N) is 1. The number of halogens is 1. The van der Waals surface area contributed by atoms with Crippen LogP contribution in [0.1, 0.15) is 20.7 Å². The number of methoxy groups -OCH3 is 2. The largest absolute Gasteiger partial charge is 0.465 e. The molecule has 23 heavy (non-hydrogen) atoms. The number of hydrogen-bond donors (Lipinski definition) is 1. The van der Waals surface area contributed by atoms with E-state index in [2.05, 4.69) is 9.46 Å². The molecule has 0 aromatic carbocycles. The first-order chi connectivity index (χ1) is 10.9. The number of carbonyl (C=O) groups is 1. The Morgan fingerprint density at radius 1 is 1.35 bits per heavy atom. The molecule has 2 aromatic heterocycles. The maximum Gasteiger partial charge on any atom is 0.349 e. The van der Waals surface area contributed by atoms with E-state index in [9.17, 15) is 13.2 Å². The lowest BCUT2D eigenvalue weighted by Gasteiger charge is -2.14. The quantitative estimate of drug-likeness (QED) is 0.729. The summed E-state index contributed by atoms with van der Waals surface area (Å²) in [6.07, 6.45) is -0.470. The summed E-state index contributed by atoms with van der Waals surface area (Å²) in [4.78, 5) is 12.4. The van der Waals surface area contributed by atoms with Crippen LogP contribution in [0.4, 0.5) is 0 Å². The van der Waals surface area contributed by atoms with E-state index >= 15 is 0 Å². The first-order valence-electron chi connectivity index (χ1n) is 6.32. The number of hydrogen-bond acceptors (Lipinski definition) is 7. The monoisotopic (exact) mass is 395 g/mol. The first kappa shape index (κ1) is 18.4. The van der Waals surface area contributed by atoms with Gasteiger partial charge < -0.3 is 9.47 Å². The fraction of sp³-hybridized carbons (Fsp3) is 0.308. The molecule has 0 bridgehead atoms. The van der Waals surface area contributed by atoms with Crippen LogP contribution in [0.2, 0.25) is 4.34 Å². The first-order valence-corrected chi connectivity index (χ1v) is 9.88. The second-order valence-corrected chi connectivity index (χ2v) is 8.72. The normalized spacial score (nSPS) is 13.0. The Morgan fingerprint density at radius 3 is 2.65 bits per heavy atom. The van der Waals surface area contributed by atoms with Gasteiger partial charge in [-0.25, -0.2) is 17.9 Å². The molecule has 2 rings (SSSR count). The Morgan fingerprint density at radius 2 is 2.09 bits per heavy atom. The van der Waals surface area contributed by atoms with Crippen molar-refractivity contribution in [2.24, 2.45) is 0 Å². The molecule has 0 spiro atoms. The predicted octanol–water partition coefficient (Wildman–Crippen LogP) is 2.92. The van der Waals surface area contributed by atoms with Gasteiger partial charge in [-0.1, -0.05) is 11.6 Å². The second kappa shape index (κ2) is 7.73. The molecule has 0 aliphatic rings. The number of ether oxygens (including phenoxy) is 2. The van der Waals surface area contributed by atoms with Gasteiger partial charge in [-0.3, -0.25) is 0 Å². The van der Waals surface area contributed by atoms with Crippen molar-refractivity contribution in [1.29, 1.82) is 0 Å². The Kier molecular flexibility index (Phi) is 6.18. The Labute approximate surface area is 147 Å². The molecule has 0 fully saturated rings. The molecule has 0 amide bonds. The van der Waals surface area contributed by atoms with Gasteiger partial charge in [0.15, 0.2) is 0 Å². The van der Waals surface area contributed by atoms with Crippen LogP contribution >= 0.6 is 34.3 Å².